The fourth-order valence-corrected chi connectivity index (χ4v) is 2.48. The van der Waals surface area contributed by atoms with Gasteiger partial charge in [0.05, 0.1) is 6.61 Å². The summed E-state index contributed by atoms with van der Waals surface area (Å²) in [6.07, 6.45) is 4.66. The van der Waals surface area contributed by atoms with Crippen molar-refractivity contribution in [2.45, 2.75) is 51.2 Å². The standard InChI is InChI=1S/C12H23NO2/c1-5-6-12(7-10(2)3)8-11(4,9-14)15-13-12/h5,10,13-14H,1,6-9H2,2-4H3/t11-,12-/m1/s1. The van der Waals surface area contributed by atoms with Gasteiger partial charge in [0, 0.05) is 12.0 Å². The molecular formula is C12H23NO2. The maximum Gasteiger partial charge on any atom is 0.112 e. The molecule has 1 fully saturated rings. The molecule has 0 aromatic rings. The van der Waals surface area contributed by atoms with Crippen molar-refractivity contribution in [3.05, 3.63) is 12.7 Å². The van der Waals surface area contributed by atoms with Crippen molar-refractivity contribution in [1.29, 1.82) is 0 Å². The fraction of sp³-hybridized carbons (Fsp3) is 0.833. The van der Waals surface area contributed by atoms with Crippen molar-refractivity contribution in [3.63, 3.8) is 0 Å². The highest BCUT2D eigenvalue weighted by atomic mass is 16.7. The molecule has 3 nitrogen and oxygen atoms in total. The number of rotatable bonds is 5. The zero-order valence-electron chi connectivity index (χ0n) is 10.0. The van der Waals surface area contributed by atoms with E-state index >= 15 is 0 Å². The third-order valence-electron chi connectivity index (χ3n) is 2.89. The van der Waals surface area contributed by atoms with E-state index < -0.39 is 5.60 Å². The van der Waals surface area contributed by atoms with Gasteiger partial charge in [-0.2, -0.15) is 5.48 Å². The van der Waals surface area contributed by atoms with Crippen LogP contribution in [0.1, 0.15) is 40.0 Å². The van der Waals surface area contributed by atoms with Crippen LogP contribution in [-0.2, 0) is 4.84 Å². The highest BCUT2D eigenvalue weighted by Crippen LogP contribution is 2.37. The van der Waals surface area contributed by atoms with Crippen molar-refractivity contribution in [2.75, 3.05) is 6.61 Å². The molecule has 0 unspecified atom stereocenters. The molecule has 3 heteroatoms. The molecule has 0 aromatic heterocycles. The molecule has 0 aromatic carbocycles. The molecular weight excluding hydrogens is 190 g/mol. The summed E-state index contributed by atoms with van der Waals surface area (Å²) in [5, 5.41) is 9.27. The molecule has 0 radical (unpaired) electrons. The van der Waals surface area contributed by atoms with Gasteiger partial charge in [0.15, 0.2) is 0 Å². The Morgan fingerprint density at radius 2 is 2.27 bits per heavy atom. The topological polar surface area (TPSA) is 41.5 Å². The molecule has 1 rings (SSSR count). The molecule has 15 heavy (non-hydrogen) atoms. The number of aliphatic hydroxyl groups is 1. The van der Waals surface area contributed by atoms with Gasteiger partial charge in [0.1, 0.15) is 5.60 Å². The highest BCUT2D eigenvalue weighted by molar-refractivity contribution is 5.01. The van der Waals surface area contributed by atoms with E-state index in [-0.39, 0.29) is 12.1 Å². The third-order valence-corrected chi connectivity index (χ3v) is 2.89. The first-order valence-electron chi connectivity index (χ1n) is 5.62. The van der Waals surface area contributed by atoms with Gasteiger partial charge in [0.25, 0.3) is 0 Å². The quantitative estimate of drug-likeness (QED) is 0.687. The van der Waals surface area contributed by atoms with Crippen LogP contribution in [0.3, 0.4) is 0 Å². The van der Waals surface area contributed by atoms with Crippen molar-refractivity contribution in [2.24, 2.45) is 5.92 Å². The lowest BCUT2D eigenvalue weighted by atomic mass is 9.79. The normalized spacial score (nSPS) is 36.1. The predicted octanol–water partition coefficient (Wildman–Crippen LogP) is 2.02. The minimum absolute atomic E-state index is 0.0482. The van der Waals surface area contributed by atoms with Crippen LogP contribution in [0.4, 0.5) is 0 Å². The first-order valence-corrected chi connectivity index (χ1v) is 5.62. The Morgan fingerprint density at radius 3 is 2.67 bits per heavy atom. The van der Waals surface area contributed by atoms with E-state index in [0.29, 0.717) is 5.92 Å². The Labute approximate surface area is 92.5 Å². The smallest absolute Gasteiger partial charge is 0.112 e. The summed E-state index contributed by atoms with van der Waals surface area (Å²) in [4.78, 5) is 5.51. The molecule has 1 aliphatic heterocycles. The number of hydrogen-bond donors (Lipinski definition) is 2. The summed E-state index contributed by atoms with van der Waals surface area (Å²) in [6.45, 7) is 10.2. The van der Waals surface area contributed by atoms with Crippen LogP contribution in [0.15, 0.2) is 12.7 Å². The largest absolute Gasteiger partial charge is 0.393 e. The monoisotopic (exact) mass is 213 g/mol. The second-order valence-corrected chi connectivity index (χ2v) is 5.36. The average molecular weight is 213 g/mol. The van der Waals surface area contributed by atoms with E-state index in [9.17, 15) is 5.11 Å². The Hall–Kier alpha value is -0.380. The summed E-state index contributed by atoms with van der Waals surface area (Å²) in [5.74, 6) is 0.599. The fourth-order valence-electron chi connectivity index (χ4n) is 2.48. The van der Waals surface area contributed by atoms with Crippen LogP contribution in [0.2, 0.25) is 0 Å². The van der Waals surface area contributed by atoms with Gasteiger partial charge >= 0.3 is 0 Å². The molecule has 0 saturated carbocycles. The van der Waals surface area contributed by atoms with Gasteiger partial charge in [-0.1, -0.05) is 19.9 Å². The van der Waals surface area contributed by atoms with E-state index in [4.69, 9.17) is 4.84 Å². The van der Waals surface area contributed by atoms with Crippen molar-refractivity contribution >= 4 is 0 Å². The van der Waals surface area contributed by atoms with Crippen LogP contribution in [0.25, 0.3) is 0 Å². The van der Waals surface area contributed by atoms with Crippen LogP contribution in [-0.4, -0.2) is 22.9 Å². The lowest BCUT2D eigenvalue weighted by Gasteiger charge is -2.29. The SMILES string of the molecule is C=CC[C@@]1(CC(C)C)C[C@](C)(CO)ON1. The molecule has 2 atom stereocenters. The lowest BCUT2D eigenvalue weighted by molar-refractivity contribution is -0.0785. The maximum atomic E-state index is 9.27. The minimum Gasteiger partial charge on any atom is -0.393 e. The van der Waals surface area contributed by atoms with Crippen LogP contribution in [0.5, 0.6) is 0 Å². The van der Waals surface area contributed by atoms with Gasteiger partial charge in [-0.05, 0) is 25.7 Å². The molecule has 1 aliphatic rings. The third kappa shape index (κ3) is 3.03. The molecule has 0 amide bonds. The molecule has 0 aliphatic carbocycles. The summed E-state index contributed by atoms with van der Waals surface area (Å²) in [5.41, 5.74) is 2.62. The van der Waals surface area contributed by atoms with Crippen molar-refractivity contribution < 1.29 is 9.94 Å². The van der Waals surface area contributed by atoms with Crippen LogP contribution >= 0.6 is 0 Å². The Morgan fingerprint density at radius 1 is 1.60 bits per heavy atom. The second kappa shape index (κ2) is 4.64. The van der Waals surface area contributed by atoms with E-state index in [1.54, 1.807) is 0 Å². The minimum atomic E-state index is -0.447. The summed E-state index contributed by atoms with van der Waals surface area (Å²) in [6, 6.07) is 0. The van der Waals surface area contributed by atoms with Gasteiger partial charge in [-0.3, -0.25) is 4.84 Å². The Bertz CT molecular complexity index is 230. The van der Waals surface area contributed by atoms with E-state index in [1.807, 2.05) is 13.0 Å². The summed E-state index contributed by atoms with van der Waals surface area (Å²) in [7, 11) is 0. The molecule has 1 saturated heterocycles. The number of aliphatic hydroxyl groups excluding tert-OH is 1. The average Bonchev–Trinajstić information content (AvgIpc) is 2.44. The van der Waals surface area contributed by atoms with Gasteiger partial charge in [-0.25, -0.2) is 0 Å². The van der Waals surface area contributed by atoms with Crippen molar-refractivity contribution in [1.82, 2.24) is 5.48 Å². The zero-order valence-corrected chi connectivity index (χ0v) is 10.0. The maximum absolute atomic E-state index is 9.27. The highest BCUT2D eigenvalue weighted by Gasteiger charge is 2.46. The van der Waals surface area contributed by atoms with E-state index in [2.05, 4.69) is 25.9 Å². The van der Waals surface area contributed by atoms with Gasteiger partial charge in [-0.15, -0.1) is 6.58 Å². The number of hydroxylamine groups is 1. The Balaban J connectivity index is 2.72. The van der Waals surface area contributed by atoms with Crippen LogP contribution < -0.4 is 5.48 Å². The summed E-state index contributed by atoms with van der Waals surface area (Å²) >= 11 is 0. The zero-order chi connectivity index (χ0) is 11.5. The summed E-state index contributed by atoms with van der Waals surface area (Å²) < 4.78 is 0. The Kier molecular flexibility index (Phi) is 3.93. The first kappa shape index (κ1) is 12.7. The van der Waals surface area contributed by atoms with Gasteiger partial charge in [0.2, 0.25) is 0 Å². The van der Waals surface area contributed by atoms with Gasteiger partial charge < -0.3 is 5.11 Å². The molecule has 88 valence electrons. The molecule has 0 spiro atoms. The first-order chi connectivity index (χ1) is 6.95. The van der Waals surface area contributed by atoms with E-state index in [1.165, 1.54) is 0 Å². The number of nitrogens with one attached hydrogen (secondary N) is 1. The second-order valence-electron chi connectivity index (χ2n) is 5.36. The van der Waals surface area contributed by atoms with Crippen LogP contribution in [0, 0.1) is 5.92 Å². The number of hydrogen-bond acceptors (Lipinski definition) is 3. The lowest BCUT2D eigenvalue weighted by Crippen LogP contribution is -2.40. The van der Waals surface area contributed by atoms with Crippen molar-refractivity contribution in [3.8, 4) is 0 Å². The predicted molar refractivity (Wildman–Crippen MR) is 61.3 cm³/mol. The molecule has 0 bridgehead atoms. The molecule has 2 N–H and O–H groups in total. The van der Waals surface area contributed by atoms with E-state index in [0.717, 1.165) is 19.3 Å². The molecule has 1 heterocycles.